The molecule has 0 bridgehead atoms. The molecule has 0 aliphatic heterocycles. The normalized spacial score (nSPS) is 12.4. The van der Waals surface area contributed by atoms with Gasteiger partial charge in [0.1, 0.15) is 0 Å². The molecule has 0 saturated carbocycles. The van der Waals surface area contributed by atoms with Gasteiger partial charge in [-0.05, 0) is 48.9 Å². The Morgan fingerprint density at radius 2 is 1.90 bits per heavy atom. The molecule has 0 radical (unpaired) electrons. The smallest absolute Gasteiger partial charge is 0.0624 e. The van der Waals surface area contributed by atoms with Crippen molar-refractivity contribution in [2.45, 2.75) is 12.5 Å². The number of nitrogens with one attached hydrogen (secondary N) is 1. The van der Waals surface area contributed by atoms with E-state index in [0.717, 1.165) is 22.0 Å². The fourth-order valence-corrected chi connectivity index (χ4v) is 3.18. The van der Waals surface area contributed by atoms with Crippen LogP contribution in [0.1, 0.15) is 17.2 Å². The number of halogens is 4. The number of rotatable bonds is 4. The van der Waals surface area contributed by atoms with Gasteiger partial charge in [-0.15, -0.1) is 0 Å². The highest BCUT2D eigenvalue weighted by Gasteiger charge is 2.16. The Labute approximate surface area is 142 Å². The topological polar surface area (TPSA) is 12.0 Å². The SMILES string of the molecule is CNC(Cc1cccc(Cl)c1Cl)c1cc(Cl)ccc1Br. The van der Waals surface area contributed by atoms with Crippen LogP contribution in [0.5, 0.6) is 0 Å². The van der Waals surface area contributed by atoms with Gasteiger partial charge in [-0.25, -0.2) is 0 Å². The van der Waals surface area contributed by atoms with Crippen LogP contribution in [0.25, 0.3) is 0 Å². The van der Waals surface area contributed by atoms with Crippen LogP contribution in [-0.4, -0.2) is 7.05 Å². The molecule has 1 atom stereocenters. The summed E-state index contributed by atoms with van der Waals surface area (Å²) in [6, 6.07) is 11.5. The van der Waals surface area contributed by atoms with Gasteiger partial charge in [-0.1, -0.05) is 62.9 Å². The molecule has 1 nitrogen and oxygen atoms in total. The van der Waals surface area contributed by atoms with Crippen molar-refractivity contribution >= 4 is 50.7 Å². The van der Waals surface area contributed by atoms with Crippen molar-refractivity contribution in [1.29, 1.82) is 0 Å². The van der Waals surface area contributed by atoms with Crippen LogP contribution < -0.4 is 5.32 Å². The van der Waals surface area contributed by atoms with Crippen LogP contribution in [0.4, 0.5) is 0 Å². The van der Waals surface area contributed by atoms with Gasteiger partial charge in [0.05, 0.1) is 10.0 Å². The van der Waals surface area contributed by atoms with Gasteiger partial charge in [-0.3, -0.25) is 0 Å². The lowest BCUT2D eigenvalue weighted by molar-refractivity contribution is 0.590. The maximum atomic E-state index is 6.26. The van der Waals surface area contributed by atoms with Gasteiger partial charge in [-0.2, -0.15) is 0 Å². The molecule has 1 N–H and O–H groups in total. The molecule has 0 heterocycles. The Balaban J connectivity index is 2.34. The van der Waals surface area contributed by atoms with Gasteiger partial charge >= 0.3 is 0 Å². The molecule has 0 saturated heterocycles. The summed E-state index contributed by atoms with van der Waals surface area (Å²) in [4.78, 5) is 0. The van der Waals surface area contributed by atoms with E-state index in [4.69, 9.17) is 34.8 Å². The number of hydrogen-bond donors (Lipinski definition) is 1. The van der Waals surface area contributed by atoms with E-state index < -0.39 is 0 Å². The zero-order valence-corrected chi connectivity index (χ0v) is 14.6. The summed E-state index contributed by atoms with van der Waals surface area (Å²) in [6.45, 7) is 0. The molecule has 0 amide bonds. The van der Waals surface area contributed by atoms with Gasteiger partial charge in [0.25, 0.3) is 0 Å². The van der Waals surface area contributed by atoms with Gasteiger partial charge in [0, 0.05) is 15.5 Å². The van der Waals surface area contributed by atoms with Crippen LogP contribution in [0.15, 0.2) is 40.9 Å². The van der Waals surface area contributed by atoms with Gasteiger partial charge in [0.15, 0.2) is 0 Å². The van der Waals surface area contributed by atoms with E-state index in [1.165, 1.54) is 0 Å². The standard InChI is InChI=1S/C15H13BrCl3N/c1-20-14(11-8-10(17)5-6-12(11)16)7-9-3-2-4-13(18)15(9)19/h2-6,8,14,20H,7H2,1H3. The summed E-state index contributed by atoms with van der Waals surface area (Å²) in [5.41, 5.74) is 2.10. The van der Waals surface area contributed by atoms with Crippen molar-refractivity contribution in [1.82, 2.24) is 5.32 Å². The highest BCUT2D eigenvalue weighted by Crippen LogP contribution is 2.32. The van der Waals surface area contributed by atoms with E-state index in [1.54, 1.807) is 6.07 Å². The maximum absolute atomic E-state index is 6.26. The van der Waals surface area contributed by atoms with Crippen molar-refractivity contribution < 1.29 is 0 Å². The molecule has 0 fully saturated rings. The number of likely N-dealkylation sites (N-methyl/N-ethyl adjacent to an activating group) is 1. The summed E-state index contributed by atoms with van der Waals surface area (Å²) >= 11 is 22.0. The average molecular weight is 394 g/mol. The minimum atomic E-state index is 0.0963. The summed E-state index contributed by atoms with van der Waals surface area (Å²) in [7, 11) is 1.91. The maximum Gasteiger partial charge on any atom is 0.0624 e. The summed E-state index contributed by atoms with van der Waals surface area (Å²) in [5, 5.41) is 5.18. The van der Waals surface area contributed by atoms with E-state index >= 15 is 0 Å². The lowest BCUT2D eigenvalue weighted by atomic mass is 9.99. The molecular weight excluding hydrogens is 380 g/mol. The first kappa shape index (κ1) is 16.1. The summed E-state index contributed by atoms with van der Waals surface area (Å²) in [6.07, 6.45) is 0.731. The monoisotopic (exact) mass is 391 g/mol. The zero-order chi connectivity index (χ0) is 14.7. The Hall–Kier alpha value is -0.250. The lowest BCUT2D eigenvalue weighted by Gasteiger charge is -2.19. The molecule has 1 unspecified atom stereocenters. The minimum Gasteiger partial charge on any atom is -0.313 e. The highest BCUT2D eigenvalue weighted by atomic mass is 79.9. The molecular formula is C15H13BrCl3N. The minimum absolute atomic E-state index is 0.0963. The molecule has 2 aromatic carbocycles. The first-order chi connectivity index (χ1) is 9.52. The van der Waals surface area contributed by atoms with Crippen molar-refractivity contribution in [2.24, 2.45) is 0 Å². The van der Waals surface area contributed by atoms with Crippen LogP contribution in [0.2, 0.25) is 15.1 Å². The van der Waals surface area contributed by atoms with Crippen LogP contribution in [0.3, 0.4) is 0 Å². The quantitative estimate of drug-likeness (QED) is 0.681. The fourth-order valence-electron chi connectivity index (χ4n) is 2.08. The second kappa shape index (κ2) is 7.15. The van der Waals surface area contributed by atoms with E-state index in [9.17, 15) is 0 Å². The van der Waals surface area contributed by atoms with Crippen LogP contribution in [-0.2, 0) is 6.42 Å². The van der Waals surface area contributed by atoms with E-state index in [2.05, 4.69) is 21.2 Å². The van der Waals surface area contributed by atoms with Crippen molar-refractivity contribution in [3.05, 3.63) is 67.1 Å². The first-order valence-corrected chi connectivity index (χ1v) is 8.00. The van der Waals surface area contributed by atoms with E-state index in [0.29, 0.717) is 15.1 Å². The third-order valence-corrected chi connectivity index (χ3v) is 4.95. The molecule has 2 aromatic rings. The van der Waals surface area contributed by atoms with Crippen LogP contribution >= 0.6 is 50.7 Å². The number of benzene rings is 2. The molecule has 0 spiro atoms. The molecule has 106 valence electrons. The third kappa shape index (κ3) is 3.69. The van der Waals surface area contributed by atoms with Crippen molar-refractivity contribution in [3.8, 4) is 0 Å². The second-order valence-electron chi connectivity index (χ2n) is 4.42. The van der Waals surface area contributed by atoms with Gasteiger partial charge in [0.2, 0.25) is 0 Å². The largest absolute Gasteiger partial charge is 0.313 e. The Morgan fingerprint density at radius 1 is 1.15 bits per heavy atom. The first-order valence-electron chi connectivity index (χ1n) is 6.08. The Morgan fingerprint density at radius 3 is 2.60 bits per heavy atom. The molecule has 0 aliphatic rings. The molecule has 2 rings (SSSR count). The lowest BCUT2D eigenvalue weighted by Crippen LogP contribution is -2.19. The third-order valence-electron chi connectivity index (χ3n) is 3.14. The molecule has 20 heavy (non-hydrogen) atoms. The molecule has 0 aromatic heterocycles. The predicted octanol–water partition coefficient (Wildman–Crippen LogP) is 5.91. The molecule has 5 heteroatoms. The molecule has 0 aliphatic carbocycles. The van der Waals surface area contributed by atoms with Crippen LogP contribution in [0, 0.1) is 0 Å². The fraction of sp³-hybridized carbons (Fsp3) is 0.200. The van der Waals surface area contributed by atoms with Crippen molar-refractivity contribution in [2.75, 3.05) is 7.05 Å². The number of hydrogen-bond acceptors (Lipinski definition) is 1. The Kier molecular flexibility index (Phi) is 5.76. The van der Waals surface area contributed by atoms with E-state index in [1.807, 2.05) is 37.4 Å². The van der Waals surface area contributed by atoms with Gasteiger partial charge < -0.3 is 5.32 Å². The highest BCUT2D eigenvalue weighted by molar-refractivity contribution is 9.10. The Bertz CT molecular complexity index is 616. The van der Waals surface area contributed by atoms with E-state index in [-0.39, 0.29) is 6.04 Å². The average Bonchev–Trinajstić information content (AvgIpc) is 2.43. The second-order valence-corrected chi connectivity index (χ2v) is 6.50. The summed E-state index contributed by atoms with van der Waals surface area (Å²) < 4.78 is 1.01. The predicted molar refractivity (Wildman–Crippen MR) is 91.1 cm³/mol. The zero-order valence-electron chi connectivity index (χ0n) is 10.8. The van der Waals surface area contributed by atoms with Crippen molar-refractivity contribution in [3.63, 3.8) is 0 Å². The summed E-state index contributed by atoms with van der Waals surface area (Å²) in [5.74, 6) is 0.